The fourth-order valence-corrected chi connectivity index (χ4v) is 3.72. The van der Waals surface area contributed by atoms with Crippen LogP contribution >= 0.6 is 0 Å². The molecule has 2 aromatic heterocycles. The summed E-state index contributed by atoms with van der Waals surface area (Å²) in [6.45, 7) is -0.00421. The quantitative estimate of drug-likeness (QED) is 0.335. The van der Waals surface area contributed by atoms with Crippen LogP contribution in [0.3, 0.4) is 0 Å². The number of ether oxygens (including phenoxy) is 1. The zero-order valence-electron chi connectivity index (χ0n) is 17.5. The van der Waals surface area contributed by atoms with Crippen molar-refractivity contribution in [3.05, 3.63) is 72.6 Å². The number of amides is 2. The first-order chi connectivity index (χ1) is 15.7. The number of hydrogen-bond donors (Lipinski definition) is 4. The van der Waals surface area contributed by atoms with Crippen molar-refractivity contribution in [1.29, 1.82) is 0 Å². The highest BCUT2D eigenvalue weighted by Crippen LogP contribution is 2.30. The molecule has 1 aliphatic carbocycles. The number of H-pyrrole nitrogens is 1. The Hall–Kier alpha value is -3.84. The van der Waals surface area contributed by atoms with Crippen molar-refractivity contribution in [2.45, 2.75) is 32.0 Å². The van der Waals surface area contributed by atoms with Gasteiger partial charge in [-0.25, -0.2) is 9.78 Å². The molecule has 2 amide bonds. The van der Waals surface area contributed by atoms with Gasteiger partial charge in [-0.05, 0) is 60.2 Å². The fraction of sp³-hybridized carbons (Fsp3) is 0.200. The molecule has 1 aliphatic rings. The fourth-order valence-electron chi connectivity index (χ4n) is 3.72. The van der Waals surface area contributed by atoms with E-state index in [4.69, 9.17) is 4.74 Å². The van der Waals surface area contributed by atoms with E-state index in [-0.39, 0.29) is 18.7 Å². The van der Waals surface area contributed by atoms with Crippen LogP contribution in [0.15, 0.2) is 67.0 Å². The Labute approximate surface area is 185 Å². The molecule has 4 N–H and O–H groups in total. The molecular weight excluding hydrogens is 404 g/mol. The number of rotatable bonds is 6. The Morgan fingerprint density at radius 1 is 1.09 bits per heavy atom. The molecule has 2 aromatic carbocycles. The highest BCUT2D eigenvalue weighted by Gasteiger charge is 2.19. The van der Waals surface area contributed by atoms with Crippen molar-refractivity contribution in [2.24, 2.45) is 0 Å². The molecule has 0 unspecified atom stereocenters. The lowest BCUT2D eigenvalue weighted by Crippen LogP contribution is -2.25. The second-order valence-corrected chi connectivity index (χ2v) is 7.96. The lowest BCUT2D eigenvalue weighted by molar-refractivity contribution is 0.114. The standard InChI is InChI=1S/C25H24N4O3/c30-15-16-3-1-4-17(11-16)18-7-9-22-21(12-18)23(14-26-22)29-25(31)28-19-8-10-24(27-13-19)32-20-5-2-6-20/h1,3-4,7-14,20,26,30H,2,5-6,15H2,(H2,28,29,31). The van der Waals surface area contributed by atoms with E-state index in [0.29, 0.717) is 17.3 Å². The van der Waals surface area contributed by atoms with E-state index in [1.807, 2.05) is 42.5 Å². The Balaban J connectivity index is 1.29. The number of anilines is 2. The average molecular weight is 428 g/mol. The van der Waals surface area contributed by atoms with Gasteiger partial charge in [0.2, 0.25) is 5.88 Å². The van der Waals surface area contributed by atoms with Gasteiger partial charge in [-0.15, -0.1) is 0 Å². The van der Waals surface area contributed by atoms with Crippen LogP contribution in [0.2, 0.25) is 0 Å². The average Bonchev–Trinajstić information content (AvgIpc) is 3.19. The van der Waals surface area contributed by atoms with Crippen LogP contribution in [0.5, 0.6) is 5.88 Å². The van der Waals surface area contributed by atoms with Gasteiger partial charge < -0.3 is 25.5 Å². The van der Waals surface area contributed by atoms with Crippen LogP contribution < -0.4 is 15.4 Å². The summed E-state index contributed by atoms with van der Waals surface area (Å²) < 4.78 is 5.75. The first-order valence-corrected chi connectivity index (χ1v) is 10.7. The first kappa shape index (κ1) is 20.1. The van der Waals surface area contributed by atoms with Crippen LogP contribution in [0.25, 0.3) is 22.0 Å². The molecule has 1 saturated carbocycles. The molecule has 7 nitrogen and oxygen atoms in total. The van der Waals surface area contributed by atoms with E-state index >= 15 is 0 Å². The topological polar surface area (TPSA) is 99.3 Å². The third kappa shape index (κ3) is 4.29. The first-order valence-electron chi connectivity index (χ1n) is 10.7. The Kier molecular flexibility index (Phi) is 5.47. The third-order valence-electron chi connectivity index (χ3n) is 5.71. The van der Waals surface area contributed by atoms with Gasteiger partial charge in [0.1, 0.15) is 6.10 Å². The van der Waals surface area contributed by atoms with Crippen LogP contribution in [-0.2, 0) is 6.61 Å². The maximum Gasteiger partial charge on any atom is 0.323 e. The van der Waals surface area contributed by atoms with Gasteiger partial charge in [0.25, 0.3) is 0 Å². The summed E-state index contributed by atoms with van der Waals surface area (Å²) in [5.74, 6) is 0.579. The predicted octanol–water partition coefficient (Wildman–Crippen LogP) is 5.30. The minimum Gasteiger partial charge on any atom is -0.474 e. The molecule has 0 saturated heterocycles. The van der Waals surface area contributed by atoms with Crippen molar-refractivity contribution in [3.8, 4) is 17.0 Å². The number of fused-ring (bicyclic) bond motifs is 1. The number of aromatic amines is 1. The maximum atomic E-state index is 12.6. The molecule has 0 radical (unpaired) electrons. The van der Waals surface area contributed by atoms with Gasteiger partial charge >= 0.3 is 6.03 Å². The van der Waals surface area contributed by atoms with E-state index in [9.17, 15) is 9.90 Å². The number of pyridine rings is 1. The Morgan fingerprint density at radius 2 is 1.97 bits per heavy atom. The molecule has 162 valence electrons. The molecule has 32 heavy (non-hydrogen) atoms. The summed E-state index contributed by atoms with van der Waals surface area (Å²) in [5.41, 5.74) is 5.04. The monoisotopic (exact) mass is 428 g/mol. The number of urea groups is 1. The maximum absolute atomic E-state index is 12.6. The van der Waals surface area contributed by atoms with Gasteiger partial charge in [0, 0.05) is 23.2 Å². The van der Waals surface area contributed by atoms with Crippen molar-refractivity contribution in [1.82, 2.24) is 9.97 Å². The summed E-state index contributed by atoms with van der Waals surface area (Å²) in [5, 5.41) is 16.0. The molecule has 5 rings (SSSR count). The highest BCUT2D eigenvalue weighted by atomic mass is 16.5. The number of aliphatic hydroxyl groups is 1. The second kappa shape index (κ2) is 8.72. The highest BCUT2D eigenvalue weighted by molar-refractivity contribution is 6.06. The van der Waals surface area contributed by atoms with E-state index in [1.54, 1.807) is 24.5 Å². The van der Waals surface area contributed by atoms with Crippen molar-refractivity contribution in [2.75, 3.05) is 10.6 Å². The number of aliphatic hydroxyl groups excluding tert-OH is 1. The summed E-state index contributed by atoms with van der Waals surface area (Å²) >= 11 is 0. The van der Waals surface area contributed by atoms with Crippen LogP contribution in [-0.4, -0.2) is 27.2 Å². The zero-order valence-corrected chi connectivity index (χ0v) is 17.5. The van der Waals surface area contributed by atoms with Gasteiger partial charge in [0.15, 0.2) is 0 Å². The molecule has 0 aliphatic heterocycles. The summed E-state index contributed by atoms with van der Waals surface area (Å²) in [6, 6.07) is 17.0. The third-order valence-corrected chi connectivity index (χ3v) is 5.71. The zero-order chi connectivity index (χ0) is 21.9. The second-order valence-electron chi connectivity index (χ2n) is 7.96. The van der Waals surface area contributed by atoms with Crippen molar-refractivity contribution in [3.63, 3.8) is 0 Å². The molecule has 1 fully saturated rings. The normalized spacial score (nSPS) is 13.5. The number of aromatic nitrogens is 2. The number of hydrogen-bond acceptors (Lipinski definition) is 4. The molecule has 0 atom stereocenters. The Morgan fingerprint density at radius 3 is 2.72 bits per heavy atom. The van der Waals surface area contributed by atoms with Crippen LogP contribution in [0, 0.1) is 0 Å². The number of carbonyl (C=O) groups excluding carboxylic acids is 1. The lowest BCUT2D eigenvalue weighted by atomic mass is 9.96. The number of benzene rings is 2. The molecular formula is C25H24N4O3. The van der Waals surface area contributed by atoms with Crippen LogP contribution in [0.1, 0.15) is 24.8 Å². The van der Waals surface area contributed by atoms with Gasteiger partial charge in [-0.1, -0.05) is 24.3 Å². The predicted molar refractivity (Wildman–Crippen MR) is 125 cm³/mol. The summed E-state index contributed by atoms with van der Waals surface area (Å²) in [6.07, 6.45) is 6.98. The molecule has 4 aromatic rings. The lowest BCUT2D eigenvalue weighted by Gasteiger charge is -2.25. The van der Waals surface area contributed by atoms with Gasteiger partial charge in [-0.3, -0.25) is 0 Å². The number of nitrogens with one attached hydrogen (secondary N) is 3. The molecule has 2 heterocycles. The largest absolute Gasteiger partial charge is 0.474 e. The van der Waals surface area contributed by atoms with Crippen LogP contribution in [0.4, 0.5) is 16.2 Å². The number of carbonyl (C=O) groups is 1. The van der Waals surface area contributed by atoms with Crippen molar-refractivity contribution < 1.29 is 14.6 Å². The van der Waals surface area contributed by atoms with E-state index in [0.717, 1.165) is 40.4 Å². The summed E-state index contributed by atoms with van der Waals surface area (Å²) in [7, 11) is 0. The minimum atomic E-state index is -0.354. The molecule has 0 bridgehead atoms. The minimum absolute atomic E-state index is 0.00421. The van der Waals surface area contributed by atoms with E-state index in [2.05, 4.69) is 20.6 Å². The van der Waals surface area contributed by atoms with E-state index < -0.39 is 0 Å². The molecule has 7 heteroatoms. The van der Waals surface area contributed by atoms with Gasteiger partial charge in [-0.2, -0.15) is 0 Å². The Bertz CT molecular complexity index is 1250. The van der Waals surface area contributed by atoms with Gasteiger partial charge in [0.05, 0.1) is 24.2 Å². The SMILES string of the molecule is O=C(Nc1ccc(OC2CCC2)nc1)Nc1c[nH]c2ccc(-c3cccc(CO)c3)cc12. The summed E-state index contributed by atoms with van der Waals surface area (Å²) in [4.78, 5) is 20.0. The molecule has 0 spiro atoms. The smallest absolute Gasteiger partial charge is 0.323 e. The van der Waals surface area contributed by atoms with Crippen molar-refractivity contribution >= 4 is 28.3 Å². The van der Waals surface area contributed by atoms with E-state index in [1.165, 1.54) is 6.42 Å². The number of nitrogens with zero attached hydrogens (tertiary/aromatic N) is 1.